The predicted molar refractivity (Wildman–Crippen MR) is 72.2 cm³/mol. The van der Waals surface area contributed by atoms with Crippen LogP contribution in [0.4, 0.5) is 0 Å². The summed E-state index contributed by atoms with van der Waals surface area (Å²) in [5.41, 5.74) is 1.38. The molecule has 19 heavy (non-hydrogen) atoms. The first-order valence-electron chi connectivity index (χ1n) is 6.00. The Balaban J connectivity index is 2.78. The zero-order chi connectivity index (χ0) is 14.5. The minimum atomic E-state index is -3.70. The number of sulfonamides is 1. The molecule has 0 amide bonds. The number of nitrogens with zero attached hydrogens (tertiary/aromatic N) is 1. The Labute approximate surface area is 114 Å². The maximum Gasteiger partial charge on any atom is 0.238 e. The predicted octanol–water partition coefficient (Wildman–Crippen LogP) is 2.02. The van der Waals surface area contributed by atoms with Gasteiger partial charge in [0.05, 0.1) is 17.6 Å². The van der Waals surface area contributed by atoms with Gasteiger partial charge in [-0.05, 0) is 49.9 Å². The number of primary sulfonamides is 1. The molecule has 0 aromatic heterocycles. The number of hydrogen-bond donors (Lipinski definition) is 1. The van der Waals surface area contributed by atoms with Crippen LogP contribution in [0.2, 0.25) is 0 Å². The topological polar surface area (TPSA) is 93.2 Å². The van der Waals surface area contributed by atoms with Gasteiger partial charge in [0, 0.05) is 6.42 Å². The molecule has 0 bridgehead atoms. The quantitative estimate of drug-likeness (QED) is 0.808. The van der Waals surface area contributed by atoms with E-state index in [0.29, 0.717) is 24.3 Å². The fourth-order valence-electron chi connectivity index (χ4n) is 1.72. The van der Waals surface area contributed by atoms with E-state index in [-0.39, 0.29) is 4.90 Å². The summed E-state index contributed by atoms with van der Waals surface area (Å²) in [6.45, 7) is 4.02. The van der Waals surface area contributed by atoms with Gasteiger partial charge >= 0.3 is 0 Å². The van der Waals surface area contributed by atoms with Crippen LogP contribution in [-0.2, 0) is 10.0 Å². The molecular formula is C13H18N2O3S. The lowest BCUT2D eigenvalue weighted by Gasteiger charge is -2.13. The van der Waals surface area contributed by atoms with Gasteiger partial charge in [0.15, 0.2) is 0 Å². The monoisotopic (exact) mass is 282 g/mol. The molecule has 0 aliphatic carbocycles. The summed E-state index contributed by atoms with van der Waals surface area (Å²) in [4.78, 5) is 0.127. The van der Waals surface area contributed by atoms with Gasteiger partial charge in [-0.3, -0.25) is 0 Å². The second-order valence-corrected chi connectivity index (χ2v) is 5.85. The molecule has 0 aliphatic heterocycles. The summed E-state index contributed by atoms with van der Waals surface area (Å²) in [5.74, 6) is 0.654. The Morgan fingerprint density at radius 3 is 2.53 bits per heavy atom. The van der Waals surface area contributed by atoms with Crippen LogP contribution in [0.15, 0.2) is 17.0 Å². The summed E-state index contributed by atoms with van der Waals surface area (Å²) < 4.78 is 28.3. The molecule has 1 aromatic carbocycles. The molecular weight excluding hydrogens is 264 g/mol. The van der Waals surface area contributed by atoms with E-state index in [2.05, 4.69) is 6.07 Å². The van der Waals surface area contributed by atoms with Gasteiger partial charge in [-0.15, -0.1) is 0 Å². The van der Waals surface area contributed by atoms with E-state index in [1.807, 2.05) is 0 Å². The lowest BCUT2D eigenvalue weighted by atomic mass is 10.1. The van der Waals surface area contributed by atoms with Gasteiger partial charge in [-0.1, -0.05) is 0 Å². The Morgan fingerprint density at radius 1 is 1.26 bits per heavy atom. The molecule has 0 atom stereocenters. The molecule has 2 N–H and O–H groups in total. The third kappa shape index (κ3) is 4.23. The number of ether oxygens (including phenoxy) is 1. The van der Waals surface area contributed by atoms with Gasteiger partial charge in [-0.2, -0.15) is 5.26 Å². The van der Waals surface area contributed by atoms with Crippen molar-refractivity contribution in [3.8, 4) is 11.8 Å². The largest absolute Gasteiger partial charge is 0.493 e. The maximum atomic E-state index is 11.4. The van der Waals surface area contributed by atoms with E-state index in [9.17, 15) is 8.42 Å². The van der Waals surface area contributed by atoms with Crippen molar-refractivity contribution in [3.05, 3.63) is 23.3 Å². The number of nitriles is 1. The fourth-order valence-corrected chi connectivity index (χ4v) is 2.56. The minimum Gasteiger partial charge on any atom is -0.493 e. The molecule has 0 aliphatic rings. The van der Waals surface area contributed by atoms with Crippen molar-refractivity contribution >= 4 is 10.0 Å². The third-order valence-corrected chi connectivity index (χ3v) is 3.99. The standard InChI is InChI=1S/C13H18N2O3S/c1-10-11(2)13(19(15,16)17)7-6-12(10)18-9-5-3-4-8-14/h6-7H,3-5,9H2,1-2H3,(H2,15,16,17). The Bertz CT molecular complexity index is 589. The van der Waals surface area contributed by atoms with Crippen LogP contribution >= 0.6 is 0 Å². The van der Waals surface area contributed by atoms with Crippen LogP contribution in [-0.4, -0.2) is 15.0 Å². The number of nitrogens with two attached hydrogens (primary N) is 1. The molecule has 0 saturated heterocycles. The van der Waals surface area contributed by atoms with Gasteiger partial charge in [-0.25, -0.2) is 13.6 Å². The van der Waals surface area contributed by atoms with E-state index < -0.39 is 10.0 Å². The number of benzene rings is 1. The molecule has 0 heterocycles. The normalized spacial score (nSPS) is 11.1. The Kier molecular flexibility index (Phi) is 5.33. The van der Waals surface area contributed by atoms with Crippen LogP contribution < -0.4 is 9.88 Å². The van der Waals surface area contributed by atoms with Gasteiger partial charge in [0.25, 0.3) is 0 Å². The highest BCUT2D eigenvalue weighted by Crippen LogP contribution is 2.26. The molecule has 0 spiro atoms. The zero-order valence-electron chi connectivity index (χ0n) is 11.1. The molecule has 0 unspecified atom stereocenters. The van der Waals surface area contributed by atoms with Crippen molar-refractivity contribution in [3.63, 3.8) is 0 Å². The lowest BCUT2D eigenvalue weighted by molar-refractivity contribution is 0.305. The summed E-state index contributed by atoms with van der Waals surface area (Å²) in [7, 11) is -3.70. The maximum absolute atomic E-state index is 11.4. The van der Waals surface area contributed by atoms with Gasteiger partial charge < -0.3 is 4.74 Å². The molecule has 1 rings (SSSR count). The van der Waals surface area contributed by atoms with Crippen LogP contribution in [0, 0.1) is 25.2 Å². The van der Waals surface area contributed by atoms with Crippen LogP contribution in [0.3, 0.4) is 0 Å². The van der Waals surface area contributed by atoms with Crippen LogP contribution in [0.1, 0.15) is 30.4 Å². The molecule has 6 heteroatoms. The van der Waals surface area contributed by atoms with Crippen LogP contribution in [0.5, 0.6) is 5.75 Å². The number of rotatable bonds is 6. The highest BCUT2D eigenvalue weighted by Gasteiger charge is 2.15. The average molecular weight is 282 g/mol. The molecule has 0 fully saturated rings. The molecule has 5 nitrogen and oxygen atoms in total. The minimum absolute atomic E-state index is 0.127. The SMILES string of the molecule is Cc1c(OCCCCC#N)ccc(S(N)(=O)=O)c1C. The zero-order valence-corrected chi connectivity index (χ0v) is 12.0. The molecule has 104 valence electrons. The van der Waals surface area contributed by atoms with Gasteiger partial charge in [0.1, 0.15) is 5.75 Å². The Morgan fingerprint density at radius 2 is 1.95 bits per heavy atom. The number of unbranched alkanes of at least 4 members (excludes halogenated alkanes) is 2. The van der Waals surface area contributed by atoms with Crippen molar-refractivity contribution in [2.45, 2.75) is 38.0 Å². The molecule has 0 radical (unpaired) electrons. The summed E-state index contributed by atoms with van der Waals surface area (Å²) in [6.07, 6.45) is 2.11. The second-order valence-electron chi connectivity index (χ2n) is 4.32. The Hall–Kier alpha value is -1.58. The summed E-state index contributed by atoms with van der Waals surface area (Å²) in [5, 5.41) is 13.5. The fraction of sp³-hybridized carbons (Fsp3) is 0.462. The van der Waals surface area contributed by atoms with Crippen molar-refractivity contribution in [1.29, 1.82) is 5.26 Å². The van der Waals surface area contributed by atoms with Gasteiger partial charge in [0.2, 0.25) is 10.0 Å². The van der Waals surface area contributed by atoms with Crippen LogP contribution in [0.25, 0.3) is 0 Å². The van der Waals surface area contributed by atoms with E-state index in [1.54, 1.807) is 19.9 Å². The van der Waals surface area contributed by atoms with E-state index in [4.69, 9.17) is 15.1 Å². The van der Waals surface area contributed by atoms with Crippen molar-refractivity contribution in [2.24, 2.45) is 5.14 Å². The van der Waals surface area contributed by atoms with Crippen molar-refractivity contribution in [1.82, 2.24) is 0 Å². The summed E-state index contributed by atoms with van der Waals surface area (Å²) in [6, 6.07) is 5.15. The van der Waals surface area contributed by atoms with Crippen molar-refractivity contribution in [2.75, 3.05) is 6.61 Å². The molecule has 1 aromatic rings. The first kappa shape index (κ1) is 15.5. The van der Waals surface area contributed by atoms with E-state index >= 15 is 0 Å². The average Bonchev–Trinajstić information content (AvgIpc) is 2.32. The first-order chi connectivity index (χ1) is 8.88. The number of hydrogen-bond acceptors (Lipinski definition) is 4. The van der Waals surface area contributed by atoms with E-state index in [0.717, 1.165) is 18.4 Å². The highest BCUT2D eigenvalue weighted by atomic mass is 32.2. The smallest absolute Gasteiger partial charge is 0.238 e. The van der Waals surface area contributed by atoms with Crippen molar-refractivity contribution < 1.29 is 13.2 Å². The summed E-state index contributed by atoms with van der Waals surface area (Å²) >= 11 is 0. The second kappa shape index (κ2) is 6.55. The first-order valence-corrected chi connectivity index (χ1v) is 7.55. The lowest BCUT2D eigenvalue weighted by Crippen LogP contribution is -2.14. The highest BCUT2D eigenvalue weighted by molar-refractivity contribution is 7.89. The molecule has 0 saturated carbocycles. The van der Waals surface area contributed by atoms with E-state index in [1.165, 1.54) is 6.07 Å². The third-order valence-electron chi connectivity index (χ3n) is 2.93.